The van der Waals surface area contributed by atoms with Crippen LogP contribution in [0.15, 0.2) is 97.1 Å². The molecule has 1 heterocycles. The molecule has 4 bridgehead atoms. The molecule has 0 fully saturated rings. The SMILES string of the molecule is CN1c2ccccc2-c2cccc(c2)C(C)(C)N(C)c2ccccc2-c2cccc(c2)C1(C)C. The molecule has 1 aliphatic rings. The van der Waals surface area contributed by atoms with Crippen molar-refractivity contribution in [1.29, 1.82) is 0 Å². The van der Waals surface area contributed by atoms with Crippen LogP contribution in [0.4, 0.5) is 11.4 Å². The fraction of sp³-hybridized carbons (Fsp3) is 0.250. The molecule has 1 aliphatic heterocycles. The minimum Gasteiger partial charge on any atom is -0.365 e. The fourth-order valence-electron chi connectivity index (χ4n) is 5.14. The van der Waals surface area contributed by atoms with E-state index in [1.165, 1.54) is 44.8 Å². The maximum Gasteiger partial charge on any atom is 0.0594 e. The first-order valence-corrected chi connectivity index (χ1v) is 12.1. The molecule has 2 nitrogen and oxygen atoms in total. The molecule has 0 saturated heterocycles. The number of rotatable bonds is 0. The second kappa shape index (κ2) is 8.06. The number of fused-ring (bicyclic) bond motifs is 8. The molecule has 0 spiro atoms. The van der Waals surface area contributed by atoms with Crippen molar-refractivity contribution in [2.45, 2.75) is 38.8 Å². The Morgan fingerprint density at radius 2 is 0.853 bits per heavy atom. The summed E-state index contributed by atoms with van der Waals surface area (Å²) < 4.78 is 0. The Morgan fingerprint density at radius 1 is 0.471 bits per heavy atom. The summed E-state index contributed by atoms with van der Waals surface area (Å²) in [7, 11) is 4.43. The normalized spacial score (nSPS) is 16.3. The van der Waals surface area contributed by atoms with Crippen LogP contribution >= 0.6 is 0 Å². The van der Waals surface area contributed by atoms with Crippen LogP contribution in [0.25, 0.3) is 22.3 Å². The number of hydrogen-bond donors (Lipinski definition) is 0. The number of nitrogens with zero attached hydrogens (tertiary/aromatic N) is 2. The zero-order valence-electron chi connectivity index (χ0n) is 21.1. The first-order valence-electron chi connectivity index (χ1n) is 12.1. The van der Waals surface area contributed by atoms with E-state index in [1.54, 1.807) is 0 Å². The lowest BCUT2D eigenvalue weighted by Crippen LogP contribution is -2.39. The third-order valence-corrected chi connectivity index (χ3v) is 7.97. The van der Waals surface area contributed by atoms with Gasteiger partial charge in [-0.15, -0.1) is 0 Å². The molecule has 34 heavy (non-hydrogen) atoms. The largest absolute Gasteiger partial charge is 0.365 e. The third-order valence-electron chi connectivity index (χ3n) is 7.97. The predicted molar refractivity (Wildman–Crippen MR) is 147 cm³/mol. The molecule has 2 heteroatoms. The molecule has 4 aromatic carbocycles. The highest BCUT2D eigenvalue weighted by molar-refractivity contribution is 5.82. The summed E-state index contributed by atoms with van der Waals surface area (Å²) in [4.78, 5) is 4.84. The van der Waals surface area contributed by atoms with E-state index in [2.05, 4.69) is 149 Å². The summed E-state index contributed by atoms with van der Waals surface area (Å²) in [5.74, 6) is 0. The summed E-state index contributed by atoms with van der Waals surface area (Å²) >= 11 is 0. The average molecular weight is 447 g/mol. The van der Waals surface area contributed by atoms with Crippen molar-refractivity contribution in [3.8, 4) is 22.3 Å². The fourth-order valence-corrected chi connectivity index (χ4v) is 5.14. The van der Waals surface area contributed by atoms with E-state index >= 15 is 0 Å². The molecule has 0 aliphatic carbocycles. The Labute approximate surface area is 204 Å². The summed E-state index contributed by atoms with van der Waals surface area (Å²) in [6.07, 6.45) is 0. The van der Waals surface area contributed by atoms with Crippen LogP contribution in [0.3, 0.4) is 0 Å². The van der Waals surface area contributed by atoms with Crippen LogP contribution in [-0.2, 0) is 11.1 Å². The van der Waals surface area contributed by atoms with Gasteiger partial charge in [0, 0.05) is 36.6 Å². The van der Waals surface area contributed by atoms with Crippen molar-refractivity contribution in [3.63, 3.8) is 0 Å². The van der Waals surface area contributed by atoms with Gasteiger partial charge in [-0.3, -0.25) is 0 Å². The summed E-state index contributed by atoms with van der Waals surface area (Å²) in [6.45, 7) is 9.25. The number of para-hydroxylation sites is 2. The van der Waals surface area contributed by atoms with Gasteiger partial charge in [0.05, 0.1) is 11.1 Å². The zero-order chi connectivity index (χ0) is 24.1. The van der Waals surface area contributed by atoms with E-state index in [-0.39, 0.29) is 11.1 Å². The van der Waals surface area contributed by atoms with Gasteiger partial charge in [0.2, 0.25) is 0 Å². The minimum atomic E-state index is -0.200. The molecule has 0 saturated carbocycles. The molecule has 4 aromatic rings. The Kier molecular flexibility index (Phi) is 5.28. The molecule has 172 valence electrons. The first kappa shape index (κ1) is 22.3. The molecule has 0 aromatic heterocycles. The third kappa shape index (κ3) is 3.49. The highest BCUT2D eigenvalue weighted by atomic mass is 15.2. The predicted octanol–water partition coefficient (Wildman–Crippen LogP) is 8.08. The van der Waals surface area contributed by atoms with Gasteiger partial charge in [0.1, 0.15) is 0 Å². The van der Waals surface area contributed by atoms with E-state index in [1.807, 2.05) is 0 Å². The van der Waals surface area contributed by atoms with E-state index in [0.29, 0.717) is 0 Å². The smallest absolute Gasteiger partial charge is 0.0594 e. The van der Waals surface area contributed by atoms with Crippen LogP contribution in [0.2, 0.25) is 0 Å². The molecule has 5 rings (SSSR count). The Morgan fingerprint density at radius 3 is 1.26 bits per heavy atom. The van der Waals surface area contributed by atoms with Gasteiger partial charge in [0.25, 0.3) is 0 Å². The molecular formula is C32H34N2. The van der Waals surface area contributed by atoms with Gasteiger partial charge in [-0.2, -0.15) is 0 Å². The van der Waals surface area contributed by atoms with Crippen LogP contribution in [-0.4, -0.2) is 14.1 Å². The topological polar surface area (TPSA) is 6.48 Å². The molecular weight excluding hydrogens is 412 g/mol. The Hall–Kier alpha value is -3.52. The van der Waals surface area contributed by atoms with Crippen molar-refractivity contribution in [1.82, 2.24) is 0 Å². The molecule has 0 unspecified atom stereocenters. The standard InChI is InChI=1S/C32H34N2/c1-31(2)25-15-11-13-23(21-25)28-18-8-10-20-30(28)34(6)32(3,4)26-16-12-14-24(22-26)27-17-7-9-19-29(27)33(31)5/h7-22H,1-6H3. The van der Waals surface area contributed by atoms with Crippen molar-refractivity contribution >= 4 is 11.4 Å². The van der Waals surface area contributed by atoms with E-state index in [4.69, 9.17) is 0 Å². The van der Waals surface area contributed by atoms with Gasteiger partial charge in [-0.1, -0.05) is 72.8 Å². The Balaban J connectivity index is 1.85. The second-order valence-corrected chi connectivity index (χ2v) is 10.4. The number of anilines is 2. The summed E-state index contributed by atoms with van der Waals surface area (Å²) in [6, 6.07) is 35.6. The van der Waals surface area contributed by atoms with Gasteiger partial charge >= 0.3 is 0 Å². The molecule has 0 amide bonds. The van der Waals surface area contributed by atoms with Crippen LogP contribution < -0.4 is 9.80 Å². The van der Waals surface area contributed by atoms with Crippen molar-refractivity contribution in [3.05, 3.63) is 108 Å². The van der Waals surface area contributed by atoms with Crippen LogP contribution in [0.5, 0.6) is 0 Å². The van der Waals surface area contributed by atoms with Crippen molar-refractivity contribution < 1.29 is 0 Å². The maximum absolute atomic E-state index is 2.42. The number of benzene rings is 4. The van der Waals surface area contributed by atoms with Crippen molar-refractivity contribution in [2.75, 3.05) is 23.9 Å². The second-order valence-electron chi connectivity index (χ2n) is 10.4. The van der Waals surface area contributed by atoms with Crippen molar-refractivity contribution in [2.24, 2.45) is 0 Å². The van der Waals surface area contributed by atoms with Gasteiger partial charge < -0.3 is 9.80 Å². The van der Waals surface area contributed by atoms with Gasteiger partial charge in [0.15, 0.2) is 0 Å². The minimum absolute atomic E-state index is 0.200. The lowest BCUT2D eigenvalue weighted by atomic mass is 9.86. The van der Waals surface area contributed by atoms with E-state index < -0.39 is 0 Å². The highest BCUT2D eigenvalue weighted by Crippen LogP contribution is 2.43. The molecule has 0 atom stereocenters. The summed E-state index contributed by atoms with van der Waals surface area (Å²) in [5.41, 5.74) is 9.67. The van der Waals surface area contributed by atoms with Crippen LogP contribution in [0.1, 0.15) is 38.8 Å². The lowest BCUT2D eigenvalue weighted by molar-refractivity contribution is 0.513. The lowest BCUT2D eigenvalue weighted by Gasteiger charge is -2.41. The molecule has 0 N–H and O–H groups in total. The van der Waals surface area contributed by atoms with E-state index in [9.17, 15) is 0 Å². The van der Waals surface area contributed by atoms with E-state index in [0.717, 1.165) is 0 Å². The quantitative estimate of drug-likeness (QED) is 0.269. The Bertz CT molecular complexity index is 1240. The van der Waals surface area contributed by atoms with Crippen LogP contribution in [0, 0.1) is 0 Å². The summed E-state index contributed by atoms with van der Waals surface area (Å²) in [5, 5.41) is 0. The molecule has 0 radical (unpaired) electrons. The average Bonchev–Trinajstić information content (AvgIpc) is 2.87. The zero-order valence-corrected chi connectivity index (χ0v) is 21.1. The maximum atomic E-state index is 2.42. The first-order chi connectivity index (χ1) is 16.2. The highest BCUT2D eigenvalue weighted by Gasteiger charge is 2.31. The van der Waals surface area contributed by atoms with Gasteiger partial charge in [-0.05, 0) is 74.2 Å². The monoisotopic (exact) mass is 446 g/mol. The number of hydrogen-bond acceptors (Lipinski definition) is 2. The van der Waals surface area contributed by atoms with Gasteiger partial charge in [-0.25, -0.2) is 0 Å².